The molecule has 0 spiro atoms. The normalized spacial score (nSPS) is 26.7. The van der Waals surface area contributed by atoms with Crippen molar-refractivity contribution in [1.82, 2.24) is 29.4 Å². The lowest BCUT2D eigenvalue weighted by Crippen LogP contribution is -2.45. The predicted molar refractivity (Wildman–Crippen MR) is 141 cm³/mol. The molecule has 3 heterocycles. The molecule has 0 saturated heterocycles. The number of aromatic amines is 1. The Bertz CT molecular complexity index is 1340. The summed E-state index contributed by atoms with van der Waals surface area (Å²) in [6.45, 7) is 0.934. The average Bonchev–Trinajstić information content (AvgIpc) is 3.49. The molecule has 1 aromatic carbocycles. The van der Waals surface area contributed by atoms with E-state index in [1.54, 1.807) is 0 Å². The molecular weight excluding hydrogens is 506 g/mol. The molecule has 184 valence electrons. The third kappa shape index (κ3) is 4.45. The average molecular weight is 538 g/mol. The topological polar surface area (TPSA) is 109 Å². The van der Waals surface area contributed by atoms with Crippen LogP contribution in [0.1, 0.15) is 44.0 Å². The van der Waals surface area contributed by atoms with Gasteiger partial charge in [-0.3, -0.25) is 0 Å². The van der Waals surface area contributed by atoms with Gasteiger partial charge in [-0.05, 0) is 75.3 Å². The molecule has 0 bridgehead atoms. The number of fused-ring (bicyclic) bond motifs is 2. The van der Waals surface area contributed by atoms with Crippen LogP contribution in [0.15, 0.2) is 41.3 Å². The van der Waals surface area contributed by atoms with Crippen LogP contribution in [0.5, 0.6) is 0 Å². The van der Waals surface area contributed by atoms with Gasteiger partial charge >= 0.3 is 0 Å². The Balaban J connectivity index is 0.999. The van der Waals surface area contributed by atoms with Crippen LogP contribution < -0.4 is 5.73 Å². The van der Waals surface area contributed by atoms with Gasteiger partial charge in [-0.25, -0.2) is 15.0 Å². The van der Waals surface area contributed by atoms with E-state index in [2.05, 4.69) is 59.5 Å². The van der Waals surface area contributed by atoms with Gasteiger partial charge in [-0.2, -0.15) is 0 Å². The smallest absolute Gasteiger partial charge is 0.145 e. The van der Waals surface area contributed by atoms with Gasteiger partial charge in [0.25, 0.3) is 0 Å². The fourth-order valence-electron chi connectivity index (χ4n) is 6.09. The number of nitrogens with zero attached hydrogens (tertiary/aromatic N) is 5. The van der Waals surface area contributed by atoms with E-state index < -0.39 is 0 Å². The number of nitrogen functional groups attached to an aromatic ring is 1. The summed E-state index contributed by atoms with van der Waals surface area (Å²) in [4.78, 5) is 19.2. The number of hydrogen-bond donors (Lipinski definition) is 3. The number of aryl methyl sites for hydroxylation is 1. The highest BCUT2D eigenvalue weighted by atomic mass is 79.9. The van der Waals surface area contributed by atoms with Crippen molar-refractivity contribution in [2.75, 3.05) is 19.3 Å². The maximum absolute atomic E-state index is 10.8. The van der Waals surface area contributed by atoms with E-state index in [4.69, 9.17) is 10.7 Å². The van der Waals surface area contributed by atoms with Gasteiger partial charge in [-0.1, -0.05) is 15.9 Å². The molecule has 0 radical (unpaired) electrons. The molecule has 0 amide bonds. The van der Waals surface area contributed by atoms with Crippen LogP contribution in [0, 0.1) is 11.8 Å². The molecule has 3 aromatic heterocycles. The molecule has 35 heavy (non-hydrogen) atoms. The van der Waals surface area contributed by atoms with Crippen LogP contribution in [0.25, 0.3) is 22.1 Å². The zero-order chi connectivity index (χ0) is 24.1. The van der Waals surface area contributed by atoms with Crippen LogP contribution in [0.3, 0.4) is 0 Å². The van der Waals surface area contributed by atoms with E-state index in [-0.39, 0.29) is 18.1 Å². The minimum absolute atomic E-state index is 0.244. The van der Waals surface area contributed by atoms with Crippen LogP contribution >= 0.6 is 15.9 Å². The molecule has 8 nitrogen and oxygen atoms in total. The highest BCUT2D eigenvalue weighted by molar-refractivity contribution is 9.10. The molecule has 0 aliphatic heterocycles. The second-order valence-electron chi connectivity index (χ2n) is 10.5. The second-order valence-corrected chi connectivity index (χ2v) is 11.4. The van der Waals surface area contributed by atoms with Gasteiger partial charge < -0.3 is 25.3 Å². The number of aliphatic hydroxyl groups is 1. The van der Waals surface area contributed by atoms with Crippen molar-refractivity contribution < 1.29 is 5.11 Å². The maximum atomic E-state index is 10.8. The number of anilines is 1. The monoisotopic (exact) mass is 537 g/mol. The minimum atomic E-state index is -0.289. The van der Waals surface area contributed by atoms with Gasteiger partial charge in [0, 0.05) is 35.7 Å². The van der Waals surface area contributed by atoms with Crippen LogP contribution in [-0.4, -0.2) is 60.2 Å². The fraction of sp³-hybridized carbons (Fsp3) is 0.500. The SMILES string of the molecule is CN(CC1CC(n2ccc3c(N)ncnc32)CC1O)C1CC(CCc2nc3ccc(Br)cc3[nH]2)C1. The standard InChI is InChI=1S/C26H32BrN7O/c1-33(18-8-15(9-18)2-5-24-31-21-4-3-17(27)11-22(21)32-24)13-16-10-19(12-23(16)35)34-7-6-20-25(28)29-14-30-26(20)34/h3-4,6-7,11,14-16,18-19,23,35H,2,5,8-10,12-13H2,1H3,(H,31,32)(H2,28,29,30). The van der Waals surface area contributed by atoms with Gasteiger partial charge in [0.2, 0.25) is 0 Å². The number of benzene rings is 1. The zero-order valence-corrected chi connectivity index (χ0v) is 21.5. The van der Waals surface area contributed by atoms with Crippen molar-refractivity contribution in [3.63, 3.8) is 0 Å². The van der Waals surface area contributed by atoms with Gasteiger partial charge in [-0.15, -0.1) is 0 Å². The lowest BCUT2D eigenvalue weighted by molar-refractivity contribution is 0.0529. The summed E-state index contributed by atoms with van der Waals surface area (Å²) in [5.41, 5.74) is 9.00. The Kier molecular flexibility index (Phi) is 6.02. The Morgan fingerprint density at radius 1 is 1.20 bits per heavy atom. The third-order valence-corrected chi connectivity index (χ3v) is 8.70. The van der Waals surface area contributed by atoms with Gasteiger partial charge in [0.1, 0.15) is 23.6 Å². The maximum Gasteiger partial charge on any atom is 0.145 e. The number of nitrogens with two attached hydrogens (primary N) is 1. The van der Waals surface area contributed by atoms with Crippen molar-refractivity contribution in [2.24, 2.45) is 11.8 Å². The summed E-state index contributed by atoms with van der Waals surface area (Å²) in [7, 11) is 2.22. The van der Waals surface area contributed by atoms with E-state index >= 15 is 0 Å². The van der Waals surface area contributed by atoms with Crippen LogP contribution in [0.4, 0.5) is 5.82 Å². The minimum Gasteiger partial charge on any atom is -0.393 e. The molecule has 3 atom stereocenters. The summed E-state index contributed by atoms with van der Waals surface area (Å²) >= 11 is 3.53. The molecule has 2 aliphatic carbocycles. The number of rotatable bonds is 7. The zero-order valence-electron chi connectivity index (χ0n) is 19.9. The summed E-state index contributed by atoms with van der Waals surface area (Å²) in [6, 6.07) is 9.01. The second kappa shape index (κ2) is 9.19. The van der Waals surface area contributed by atoms with Crippen molar-refractivity contribution in [2.45, 2.75) is 56.7 Å². The molecule has 6 rings (SSSR count). The predicted octanol–water partition coefficient (Wildman–Crippen LogP) is 4.31. The highest BCUT2D eigenvalue weighted by Gasteiger charge is 2.38. The number of H-pyrrole nitrogens is 1. The van der Waals surface area contributed by atoms with Crippen molar-refractivity contribution in [3.8, 4) is 0 Å². The first-order valence-corrected chi connectivity index (χ1v) is 13.3. The number of nitrogens with one attached hydrogen (secondary N) is 1. The van der Waals surface area contributed by atoms with Crippen molar-refractivity contribution >= 4 is 43.8 Å². The summed E-state index contributed by atoms with van der Waals surface area (Å²) in [5.74, 6) is 2.62. The molecule has 4 N–H and O–H groups in total. The molecule has 2 aliphatic rings. The first kappa shape index (κ1) is 22.9. The third-order valence-electron chi connectivity index (χ3n) is 8.21. The van der Waals surface area contributed by atoms with E-state index in [0.29, 0.717) is 11.9 Å². The quantitative estimate of drug-likeness (QED) is 0.324. The Morgan fingerprint density at radius 3 is 2.91 bits per heavy atom. The fourth-order valence-corrected chi connectivity index (χ4v) is 6.45. The molecule has 4 aromatic rings. The lowest BCUT2D eigenvalue weighted by atomic mass is 9.76. The first-order valence-electron chi connectivity index (χ1n) is 12.5. The number of aliphatic hydroxyl groups excluding tert-OH is 1. The van der Waals surface area contributed by atoms with Crippen molar-refractivity contribution in [1.29, 1.82) is 0 Å². The molecule has 2 fully saturated rings. The summed E-state index contributed by atoms with van der Waals surface area (Å²) < 4.78 is 3.25. The molecule has 9 heteroatoms. The lowest BCUT2D eigenvalue weighted by Gasteiger charge is -2.42. The Morgan fingerprint density at radius 2 is 2.06 bits per heavy atom. The largest absolute Gasteiger partial charge is 0.393 e. The molecule has 2 saturated carbocycles. The van der Waals surface area contributed by atoms with E-state index in [0.717, 1.165) is 64.1 Å². The van der Waals surface area contributed by atoms with E-state index in [1.807, 2.05) is 18.3 Å². The van der Waals surface area contributed by atoms with Gasteiger partial charge in [0.15, 0.2) is 0 Å². The Labute approximate surface area is 213 Å². The number of halogens is 1. The number of hydrogen-bond acceptors (Lipinski definition) is 6. The molecular formula is C26H32BrN7O. The van der Waals surface area contributed by atoms with Crippen molar-refractivity contribution in [3.05, 3.63) is 47.1 Å². The first-order chi connectivity index (χ1) is 16.9. The molecule has 3 unspecified atom stereocenters. The van der Waals surface area contributed by atoms with E-state index in [9.17, 15) is 5.11 Å². The highest BCUT2D eigenvalue weighted by Crippen LogP contribution is 2.40. The Hall–Kier alpha value is -2.49. The van der Waals surface area contributed by atoms with Crippen LogP contribution in [0.2, 0.25) is 0 Å². The van der Waals surface area contributed by atoms with Gasteiger partial charge in [0.05, 0.1) is 22.5 Å². The number of imidazole rings is 1. The van der Waals surface area contributed by atoms with Crippen LogP contribution in [-0.2, 0) is 6.42 Å². The van der Waals surface area contributed by atoms with E-state index in [1.165, 1.54) is 25.6 Å². The number of aromatic nitrogens is 5. The summed E-state index contributed by atoms with van der Waals surface area (Å²) in [6.07, 6.45) is 9.61. The summed E-state index contributed by atoms with van der Waals surface area (Å²) in [5, 5.41) is 11.7.